The van der Waals surface area contributed by atoms with Crippen molar-refractivity contribution in [2.45, 2.75) is 13.5 Å². The lowest BCUT2D eigenvalue weighted by Gasteiger charge is -2.17. The number of amides is 1. The second-order valence-electron chi connectivity index (χ2n) is 7.41. The summed E-state index contributed by atoms with van der Waals surface area (Å²) in [7, 11) is 1.57. The second-order valence-corrected chi connectivity index (χ2v) is 8.27. The fourth-order valence-corrected chi connectivity index (χ4v) is 4.59. The standard InChI is InChI=1S/C24H24N4O3S/c1-3-28(14-21(29)25-18-11-7-8-12-19(18)31-2)13-20-26-23(30)22-17(15-32-24(22)27-20)16-9-5-4-6-10-16/h4-12,15H,3,13-14H2,1-2H3,(H,25,29)(H,26,27,30)/p+1. The SMILES string of the molecule is CC[NH+](CC(=O)Nc1ccccc1OC)Cc1nc2scc(-c3ccccc3)c2c(=O)[nH]1. The van der Waals surface area contributed by atoms with Gasteiger partial charge < -0.3 is 19.9 Å². The molecule has 7 nitrogen and oxygen atoms in total. The molecule has 4 aromatic rings. The molecule has 32 heavy (non-hydrogen) atoms. The van der Waals surface area contributed by atoms with Gasteiger partial charge in [0.25, 0.3) is 11.5 Å². The zero-order valence-corrected chi connectivity index (χ0v) is 18.8. The highest BCUT2D eigenvalue weighted by atomic mass is 32.1. The summed E-state index contributed by atoms with van der Waals surface area (Å²) in [5.41, 5.74) is 2.36. The minimum absolute atomic E-state index is 0.128. The zero-order chi connectivity index (χ0) is 22.5. The van der Waals surface area contributed by atoms with Crippen molar-refractivity contribution in [3.8, 4) is 16.9 Å². The largest absolute Gasteiger partial charge is 0.495 e. The van der Waals surface area contributed by atoms with Crippen LogP contribution in [0.3, 0.4) is 0 Å². The molecule has 2 aromatic carbocycles. The molecule has 0 saturated carbocycles. The van der Waals surface area contributed by atoms with Gasteiger partial charge in [-0.3, -0.25) is 9.59 Å². The van der Waals surface area contributed by atoms with Crippen LogP contribution in [0.4, 0.5) is 5.69 Å². The maximum absolute atomic E-state index is 12.9. The molecule has 164 valence electrons. The van der Waals surface area contributed by atoms with E-state index in [0.29, 0.717) is 40.6 Å². The Bertz CT molecular complexity index is 1280. The average molecular weight is 450 g/mol. The molecule has 0 aliphatic rings. The van der Waals surface area contributed by atoms with Crippen LogP contribution in [0.15, 0.2) is 64.8 Å². The number of ether oxygens (including phenoxy) is 1. The van der Waals surface area contributed by atoms with Crippen LogP contribution in [0, 0.1) is 0 Å². The lowest BCUT2D eigenvalue weighted by atomic mass is 10.1. The number of aromatic nitrogens is 2. The summed E-state index contributed by atoms with van der Waals surface area (Å²) in [6.07, 6.45) is 0. The van der Waals surface area contributed by atoms with Gasteiger partial charge in [0.2, 0.25) is 0 Å². The first-order chi connectivity index (χ1) is 15.6. The number of benzene rings is 2. The predicted molar refractivity (Wildman–Crippen MR) is 127 cm³/mol. The van der Waals surface area contributed by atoms with E-state index >= 15 is 0 Å². The lowest BCUT2D eigenvalue weighted by molar-refractivity contribution is -0.904. The number of methoxy groups -OCH3 is 1. The van der Waals surface area contributed by atoms with Gasteiger partial charge in [0.15, 0.2) is 12.4 Å². The Morgan fingerprint density at radius 1 is 1.16 bits per heavy atom. The number of quaternary nitrogens is 1. The Labute approximate surface area is 189 Å². The fraction of sp³-hybridized carbons (Fsp3) is 0.208. The lowest BCUT2D eigenvalue weighted by Crippen LogP contribution is -3.11. The molecule has 4 rings (SSSR count). The number of hydrogen-bond donors (Lipinski definition) is 3. The van der Waals surface area contributed by atoms with Crippen LogP contribution >= 0.6 is 11.3 Å². The van der Waals surface area contributed by atoms with Gasteiger partial charge in [-0.2, -0.15) is 0 Å². The number of thiophene rings is 1. The summed E-state index contributed by atoms with van der Waals surface area (Å²) in [6, 6.07) is 17.1. The van der Waals surface area contributed by atoms with Gasteiger partial charge in [0.05, 0.1) is 24.7 Å². The molecular weight excluding hydrogens is 424 g/mol. The van der Waals surface area contributed by atoms with Gasteiger partial charge in [-0.05, 0) is 24.6 Å². The predicted octanol–water partition coefficient (Wildman–Crippen LogP) is 2.70. The van der Waals surface area contributed by atoms with Crippen LogP contribution in [0.5, 0.6) is 5.75 Å². The number of carbonyl (C=O) groups excluding carboxylic acids is 1. The molecule has 1 amide bonds. The van der Waals surface area contributed by atoms with E-state index in [9.17, 15) is 9.59 Å². The Kier molecular flexibility index (Phi) is 6.63. The summed E-state index contributed by atoms with van der Waals surface area (Å²) < 4.78 is 5.29. The van der Waals surface area contributed by atoms with Gasteiger partial charge >= 0.3 is 0 Å². The highest BCUT2D eigenvalue weighted by Crippen LogP contribution is 2.30. The van der Waals surface area contributed by atoms with Crippen molar-refractivity contribution in [2.24, 2.45) is 0 Å². The number of H-pyrrole nitrogens is 1. The van der Waals surface area contributed by atoms with Crippen molar-refractivity contribution in [2.75, 3.05) is 25.5 Å². The highest BCUT2D eigenvalue weighted by Gasteiger charge is 2.18. The molecule has 0 bridgehead atoms. The number of nitrogens with zero attached hydrogens (tertiary/aromatic N) is 1. The number of anilines is 1. The van der Waals surface area contributed by atoms with Crippen LogP contribution < -0.4 is 20.5 Å². The maximum Gasteiger partial charge on any atom is 0.279 e. The van der Waals surface area contributed by atoms with Crippen molar-refractivity contribution in [3.63, 3.8) is 0 Å². The third-order valence-electron chi connectivity index (χ3n) is 5.29. The van der Waals surface area contributed by atoms with E-state index in [1.54, 1.807) is 19.2 Å². The van der Waals surface area contributed by atoms with E-state index in [4.69, 9.17) is 4.74 Å². The summed E-state index contributed by atoms with van der Waals surface area (Å²) in [4.78, 5) is 34.8. The van der Waals surface area contributed by atoms with E-state index in [2.05, 4.69) is 15.3 Å². The Hall–Kier alpha value is -3.49. The van der Waals surface area contributed by atoms with Crippen LogP contribution in [0.2, 0.25) is 0 Å². The van der Waals surface area contributed by atoms with E-state index in [0.717, 1.165) is 16.0 Å². The quantitative estimate of drug-likeness (QED) is 0.386. The monoisotopic (exact) mass is 449 g/mol. The van der Waals surface area contributed by atoms with Crippen molar-refractivity contribution in [3.05, 3.63) is 76.2 Å². The first-order valence-electron chi connectivity index (χ1n) is 10.4. The topological polar surface area (TPSA) is 88.5 Å². The number of rotatable bonds is 8. The van der Waals surface area contributed by atoms with Crippen LogP contribution in [-0.2, 0) is 11.3 Å². The number of hydrogen-bond acceptors (Lipinski definition) is 5. The number of likely N-dealkylation sites (N-methyl/N-ethyl adjacent to an activating group) is 1. The molecule has 1 atom stereocenters. The molecule has 0 fully saturated rings. The van der Waals surface area contributed by atoms with Gasteiger partial charge in [-0.15, -0.1) is 11.3 Å². The van der Waals surface area contributed by atoms with E-state index < -0.39 is 0 Å². The average Bonchev–Trinajstić information content (AvgIpc) is 3.24. The third-order valence-corrected chi connectivity index (χ3v) is 6.16. The fourth-order valence-electron chi connectivity index (χ4n) is 3.63. The number of aromatic amines is 1. The van der Waals surface area contributed by atoms with Crippen molar-refractivity contribution < 1.29 is 14.4 Å². The highest BCUT2D eigenvalue weighted by molar-refractivity contribution is 7.17. The molecule has 0 aliphatic carbocycles. The van der Waals surface area contributed by atoms with Crippen molar-refractivity contribution in [1.82, 2.24) is 9.97 Å². The molecule has 8 heteroatoms. The van der Waals surface area contributed by atoms with Crippen LogP contribution in [0.1, 0.15) is 12.7 Å². The summed E-state index contributed by atoms with van der Waals surface area (Å²) >= 11 is 1.46. The Balaban J connectivity index is 1.50. The number of carbonyl (C=O) groups is 1. The van der Waals surface area contributed by atoms with Crippen LogP contribution in [-0.4, -0.2) is 36.1 Å². The van der Waals surface area contributed by atoms with Gasteiger partial charge in [-0.1, -0.05) is 42.5 Å². The summed E-state index contributed by atoms with van der Waals surface area (Å²) in [6.45, 7) is 3.40. The van der Waals surface area contributed by atoms with Gasteiger partial charge in [0, 0.05) is 10.9 Å². The smallest absolute Gasteiger partial charge is 0.279 e. The Morgan fingerprint density at radius 3 is 2.66 bits per heavy atom. The zero-order valence-electron chi connectivity index (χ0n) is 18.0. The van der Waals surface area contributed by atoms with Crippen molar-refractivity contribution >= 4 is 33.1 Å². The minimum atomic E-state index is -0.154. The molecular formula is C24H25N4O3S+. The second kappa shape index (κ2) is 9.76. The molecule has 0 aliphatic heterocycles. The first kappa shape index (κ1) is 21.7. The normalized spacial score (nSPS) is 11.9. The van der Waals surface area contributed by atoms with E-state index in [1.807, 2.05) is 54.8 Å². The molecule has 0 saturated heterocycles. The molecule has 2 aromatic heterocycles. The van der Waals surface area contributed by atoms with E-state index in [1.165, 1.54) is 11.3 Å². The maximum atomic E-state index is 12.9. The summed E-state index contributed by atoms with van der Waals surface area (Å²) in [5.74, 6) is 1.06. The number of nitrogens with one attached hydrogen (secondary N) is 3. The number of para-hydroxylation sites is 2. The molecule has 2 heterocycles. The molecule has 0 radical (unpaired) electrons. The summed E-state index contributed by atoms with van der Waals surface area (Å²) in [5, 5.41) is 5.48. The van der Waals surface area contributed by atoms with Gasteiger partial charge in [-0.25, -0.2) is 4.98 Å². The molecule has 1 unspecified atom stereocenters. The van der Waals surface area contributed by atoms with E-state index in [-0.39, 0.29) is 18.0 Å². The third kappa shape index (κ3) is 4.71. The number of fused-ring (bicyclic) bond motifs is 1. The molecule has 0 spiro atoms. The Morgan fingerprint density at radius 2 is 1.91 bits per heavy atom. The minimum Gasteiger partial charge on any atom is -0.495 e. The molecule has 3 N–H and O–H groups in total. The first-order valence-corrected chi connectivity index (χ1v) is 11.3. The van der Waals surface area contributed by atoms with Crippen molar-refractivity contribution in [1.29, 1.82) is 0 Å². The van der Waals surface area contributed by atoms with Gasteiger partial charge in [0.1, 0.15) is 17.1 Å². The van der Waals surface area contributed by atoms with Crippen LogP contribution in [0.25, 0.3) is 21.3 Å².